The zero-order chi connectivity index (χ0) is 12.7. The van der Waals surface area contributed by atoms with E-state index in [1.807, 2.05) is 25.3 Å². The molecule has 1 heterocycles. The third-order valence-corrected chi connectivity index (χ3v) is 3.34. The molecule has 0 saturated heterocycles. The highest BCUT2D eigenvalue weighted by molar-refractivity contribution is 5.43. The molecule has 1 aliphatic rings. The van der Waals surface area contributed by atoms with E-state index in [4.69, 9.17) is 5.73 Å². The number of hydrogen-bond acceptors (Lipinski definition) is 2. The van der Waals surface area contributed by atoms with Crippen molar-refractivity contribution in [1.29, 1.82) is 0 Å². The Morgan fingerprint density at radius 2 is 2.17 bits per heavy atom. The van der Waals surface area contributed by atoms with Crippen molar-refractivity contribution in [3.05, 3.63) is 47.5 Å². The molecule has 0 radical (unpaired) electrons. The summed E-state index contributed by atoms with van der Waals surface area (Å²) in [4.78, 5) is 0. The summed E-state index contributed by atoms with van der Waals surface area (Å²) in [6.45, 7) is 1.85. The van der Waals surface area contributed by atoms with E-state index in [1.54, 1.807) is 10.7 Å². The van der Waals surface area contributed by atoms with Crippen LogP contribution in [0.15, 0.2) is 30.5 Å². The topological polar surface area (TPSA) is 43.8 Å². The molecule has 0 aliphatic heterocycles. The molecule has 0 spiro atoms. The van der Waals surface area contributed by atoms with Gasteiger partial charge in [0.15, 0.2) is 0 Å². The minimum absolute atomic E-state index is 0.218. The molecule has 1 aromatic carbocycles. The maximum absolute atomic E-state index is 14.0. The molecule has 1 atom stereocenters. The zero-order valence-electron chi connectivity index (χ0n) is 10.3. The summed E-state index contributed by atoms with van der Waals surface area (Å²) in [7, 11) is 0. The summed E-state index contributed by atoms with van der Waals surface area (Å²) >= 11 is 0. The number of nitrogens with two attached hydrogens (primary N) is 1. The SMILES string of the molecule is C[C@H](N)c1cccc(F)c1-n1ccc(C2CC2)n1. The number of hydrogen-bond donors (Lipinski definition) is 1. The monoisotopic (exact) mass is 245 g/mol. The Morgan fingerprint density at radius 3 is 2.83 bits per heavy atom. The molecule has 1 aromatic heterocycles. The molecule has 18 heavy (non-hydrogen) atoms. The number of nitrogens with zero attached hydrogens (tertiary/aromatic N) is 2. The first-order chi connectivity index (χ1) is 8.66. The van der Waals surface area contributed by atoms with Crippen molar-refractivity contribution < 1.29 is 4.39 Å². The lowest BCUT2D eigenvalue weighted by atomic mass is 10.1. The highest BCUT2D eigenvalue weighted by atomic mass is 19.1. The third kappa shape index (κ3) is 1.93. The van der Waals surface area contributed by atoms with Crippen molar-refractivity contribution in [3.8, 4) is 5.69 Å². The fourth-order valence-electron chi connectivity index (χ4n) is 2.20. The van der Waals surface area contributed by atoms with E-state index >= 15 is 0 Å². The van der Waals surface area contributed by atoms with E-state index in [1.165, 1.54) is 18.9 Å². The molecule has 0 unspecified atom stereocenters. The second kappa shape index (κ2) is 4.21. The molecule has 94 valence electrons. The second-order valence-electron chi connectivity index (χ2n) is 4.93. The first-order valence-corrected chi connectivity index (χ1v) is 6.26. The Hall–Kier alpha value is -1.68. The standard InChI is InChI=1S/C14H16FN3/c1-9(16)11-3-2-4-12(15)14(11)18-8-7-13(17-18)10-5-6-10/h2-4,7-10H,5-6,16H2,1H3/t9-/m0/s1. The molecule has 1 aliphatic carbocycles. The first kappa shape index (κ1) is 11.4. The summed E-state index contributed by atoms with van der Waals surface area (Å²) < 4.78 is 15.6. The first-order valence-electron chi connectivity index (χ1n) is 6.26. The molecular weight excluding hydrogens is 229 g/mol. The Labute approximate surface area is 105 Å². The van der Waals surface area contributed by atoms with Gasteiger partial charge < -0.3 is 5.73 Å². The van der Waals surface area contributed by atoms with Crippen LogP contribution in [0.4, 0.5) is 4.39 Å². The minimum atomic E-state index is -0.282. The van der Waals surface area contributed by atoms with Gasteiger partial charge >= 0.3 is 0 Å². The molecule has 2 aromatic rings. The zero-order valence-corrected chi connectivity index (χ0v) is 10.3. The molecule has 3 nitrogen and oxygen atoms in total. The van der Waals surface area contributed by atoms with Crippen LogP contribution < -0.4 is 5.73 Å². The van der Waals surface area contributed by atoms with Crippen molar-refractivity contribution in [3.63, 3.8) is 0 Å². The lowest BCUT2D eigenvalue weighted by Crippen LogP contribution is -2.12. The molecule has 2 N–H and O–H groups in total. The lowest BCUT2D eigenvalue weighted by molar-refractivity contribution is 0.601. The van der Waals surface area contributed by atoms with Crippen molar-refractivity contribution in [2.75, 3.05) is 0 Å². The fourth-order valence-corrected chi connectivity index (χ4v) is 2.20. The predicted molar refractivity (Wildman–Crippen MR) is 68.1 cm³/mol. The van der Waals surface area contributed by atoms with Gasteiger partial charge in [-0.15, -0.1) is 0 Å². The van der Waals surface area contributed by atoms with Crippen molar-refractivity contribution in [2.24, 2.45) is 5.73 Å². The summed E-state index contributed by atoms with van der Waals surface area (Å²) in [5.41, 5.74) is 8.19. The molecule has 1 saturated carbocycles. The summed E-state index contributed by atoms with van der Waals surface area (Å²) in [6, 6.07) is 6.73. The van der Waals surface area contributed by atoms with Crippen LogP contribution in [0.5, 0.6) is 0 Å². The largest absolute Gasteiger partial charge is 0.324 e. The van der Waals surface area contributed by atoms with Gasteiger partial charge in [0.05, 0.1) is 5.69 Å². The average molecular weight is 245 g/mol. The summed E-state index contributed by atoms with van der Waals surface area (Å²) in [6.07, 6.45) is 4.20. The van der Waals surface area contributed by atoms with Crippen LogP contribution in [-0.4, -0.2) is 9.78 Å². The smallest absolute Gasteiger partial charge is 0.149 e. The van der Waals surface area contributed by atoms with E-state index in [-0.39, 0.29) is 11.9 Å². The maximum Gasteiger partial charge on any atom is 0.149 e. The third-order valence-electron chi connectivity index (χ3n) is 3.34. The Balaban J connectivity index is 2.08. The summed E-state index contributed by atoms with van der Waals surface area (Å²) in [5, 5.41) is 4.47. The highest BCUT2D eigenvalue weighted by Gasteiger charge is 2.26. The Kier molecular flexibility index (Phi) is 2.67. The fraction of sp³-hybridized carbons (Fsp3) is 0.357. The molecule has 3 rings (SSSR count). The van der Waals surface area contributed by atoms with E-state index < -0.39 is 0 Å². The van der Waals surface area contributed by atoms with Crippen LogP contribution in [0.2, 0.25) is 0 Å². The number of para-hydroxylation sites is 1. The quantitative estimate of drug-likeness (QED) is 0.903. The van der Waals surface area contributed by atoms with Gasteiger partial charge in [-0.2, -0.15) is 5.10 Å². The van der Waals surface area contributed by atoms with Crippen LogP contribution in [0.1, 0.15) is 43.0 Å². The van der Waals surface area contributed by atoms with E-state index in [0.29, 0.717) is 11.6 Å². The van der Waals surface area contributed by atoms with Crippen molar-refractivity contribution in [1.82, 2.24) is 9.78 Å². The number of rotatable bonds is 3. The van der Waals surface area contributed by atoms with Crippen molar-refractivity contribution >= 4 is 0 Å². The second-order valence-corrected chi connectivity index (χ2v) is 4.93. The average Bonchev–Trinajstić information content (AvgIpc) is 3.08. The molecule has 0 amide bonds. The highest BCUT2D eigenvalue weighted by Crippen LogP contribution is 2.39. The van der Waals surface area contributed by atoms with E-state index in [0.717, 1.165) is 11.3 Å². The van der Waals surface area contributed by atoms with Gasteiger partial charge in [-0.3, -0.25) is 0 Å². The van der Waals surface area contributed by atoms with E-state index in [9.17, 15) is 4.39 Å². The van der Waals surface area contributed by atoms with Crippen LogP contribution in [0, 0.1) is 5.82 Å². The van der Waals surface area contributed by atoms with Gasteiger partial charge in [-0.05, 0) is 37.5 Å². The normalized spacial score (nSPS) is 16.8. The van der Waals surface area contributed by atoms with Crippen LogP contribution >= 0.6 is 0 Å². The number of halogens is 1. The lowest BCUT2D eigenvalue weighted by Gasteiger charge is -2.13. The Morgan fingerprint density at radius 1 is 1.39 bits per heavy atom. The molecule has 0 bridgehead atoms. The predicted octanol–water partition coefficient (Wildman–Crippen LogP) is 2.91. The Bertz CT molecular complexity index is 570. The van der Waals surface area contributed by atoms with Crippen LogP contribution in [0.25, 0.3) is 5.69 Å². The van der Waals surface area contributed by atoms with Gasteiger partial charge in [0.1, 0.15) is 11.5 Å². The minimum Gasteiger partial charge on any atom is -0.324 e. The van der Waals surface area contributed by atoms with Gasteiger partial charge in [0.2, 0.25) is 0 Å². The molecule has 4 heteroatoms. The van der Waals surface area contributed by atoms with Gasteiger partial charge in [-0.1, -0.05) is 12.1 Å². The number of aromatic nitrogens is 2. The molecule has 1 fully saturated rings. The number of benzene rings is 1. The van der Waals surface area contributed by atoms with E-state index in [2.05, 4.69) is 5.10 Å². The van der Waals surface area contributed by atoms with Crippen LogP contribution in [0.3, 0.4) is 0 Å². The maximum atomic E-state index is 14.0. The summed E-state index contributed by atoms with van der Waals surface area (Å²) in [5.74, 6) is 0.284. The van der Waals surface area contributed by atoms with Gasteiger partial charge in [0.25, 0.3) is 0 Å². The van der Waals surface area contributed by atoms with Gasteiger partial charge in [-0.25, -0.2) is 9.07 Å². The van der Waals surface area contributed by atoms with Crippen LogP contribution in [-0.2, 0) is 0 Å². The van der Waals surface area contributed by atoms with Crippen molar-refractivity contribution in [2.45, 2.75) is 31.7 Å². The van der Waals surface area contributed by atoms with Gasteiger partial charge in [0, 0.05) is 18.2 Å². The molecular formula is C14H16FN3.